The number of carboxylic acid groups (broad SMARTS) is 1. The van der Waals surface area contributed by atoms with E-state index < -0.39 is 17.9 Å². The second-order valence-corrected chi connectivity index (χ2v) is 6.38. The third-order valence-electron chi connectivity index (χ3n) is 4.22. The van der Waals surface area contributed by atoms with Crippen LogP contribution in [0.4, 0.5) is 4.39 Å². The Morgan fingerprint density at radius 1 is 1.21 bits per heavy atom. The van der Waals surface area contributed by atoms with Gasteiger partial charge in [0.05, 0.1) is 12.8 Å². The van der Waals surface area contributed by atoms with E-state index >= 15 is 0 Å². The average Bonchev–Trinajstić information content (AvgIpc) is 3.14. The number of aliphatic hydroxyl groups is 1. The van der Waals surface area contributed by atoms with Crippen molar-refractivity contribution in [1.29, 1.82) is 0 Å². The molecule has 1 heterocycles. The first kappa shape index (κ1) is 19.7. The number of aliphatic hydroxyl groups excluding tert-OH is 1. The van der Waals surface area contributed by atoms with Gasteiger partial charge in [0.25, 0.3) is 0 Å². The third kappa shape index (κ3) is 3.93. The number of halogens is 2. The predicted molar refractivity (Wildman–Crippen MR) is 104 cm³/mol. The minimum Gasteiger partial charge on any atom is -0.493 e. The lowest BCUT2D eigenvalue weighted by Crippen LogP contribution is -2.09. The molecule has 0 aliphatic rings. The quantitative estimate of drug-likeness (QED) is 0.598. The van der Waals surface area contributed by atoms with Crippen molar-refractivity contribution >= 4 is 23.6 Å². The fourth-order valence-corrected chi connectivity index (χ4v) is 3.17. The minimum absolute atomic E-state index is 0.0561. The molecule has 3 rings (SSSR count). The van der Waals surface area contributed by atoms with Gasteiger partial charge in [-0.2, -0.15) is 0 Å². The summed E-state index contributed by atoms with van der Waals surface area (Å²) in [4.78, 5) is 10.8. The van der Waals surface area contributed by atoms with Gasteiger partial charge in [0, 0.05) is 34.1 Å². The molecule has 0 radical (unpaired) electrons. The number of carbonyl (C=O) groups is 1. The molecule has 1 unspecified atom stereocenters. The van der Waals surface area contributed by atoms with E-state index in [-0.39, 0.29) is 11.3 Å². The number of aromatic nitrogens is 1. The normalized spacial score (nSPS) is 12.3. The number of rotatable bonds is 6. The molecule has 3 aromatic rings. The van der Waals surface area contributed by atoms with Gasteiger partial charge in [-0.25, -0.2) is 9.18 Å². The van der Waals surface area contributed by atoms with E-state index in [1.54, 1.807) is 47.2 Å². The number of carboxylic acids is 1. The summed E-state index contributed by atoms with van der Waals surface area (Å²) in [7, 11) is 1.33. The molecule has 5 nitrogen and oxygen atoms in total. The molecule has 1 atom stereocenters. The fraction of sp³-hybridized carbons (Fsp3) is 0.0952. The predicted octanol–water partition coefficient (Wildman–Crippen LogP) is 4.46. The highest BCUT2D eigenvalue weighted by Gasteiger charge is 2.22. The summed E-state index contributed by atoms with van der Waals surface area (Å²) in [6, 6.07) is 12.7. The number of nitrogens with zero attached hydrogens (tertiary/aromatic N) is 1. The Kier molecular flexibility index (Phi) is 5.82. The molecule has 0 aliphatic heterocycles. The molecule has 0 saturated heterocycles. The average molecular weight is 402 g/mol. The molecule has 1 aromatic heterocycles. The summed E-state index contributed by atoms with van der Waals surface area (Å²) in [5.41, 5.74) is 1.82. The van der Waals surface area contributed by atoms with Crippen LogP contribution >= 0.6 is 11.6 Å². The number of hydrogen-bond acceptors (Lipinski definition) is 3. The first-order valence-corrected chi connectivity index (χ1v) is 8.69. The molecule has 28 heavy (non-hydrogen) atoms. The number of benzene rings is 2. The highest BCUT2D eigenvalue weighted by Crippen LogP contribution is 2.36. The molecule has 144 valence electrons. The van der Waals surface area contributed by atoms with E-state index in [9.17, 15) is 14.3 Å². The first-order valence-electron chi connectivity index (χ1n) is 8.31. The molecule has 0 spiro atoms. The van der Waals surface area contributed by atoms with E-state index in [1.165, 1.54) is 25.3 Å². The van der Waals surface area contributed by atoms with Crippen LogP contribution in [0.25, 0.3) is 11.8 Å². The van der Waals surface area contributed by atoms with Gasteiger partial charge in [-0.05, 0) is 42.5 Å². The standard InChI is InChI=1S/C21H17ClFNO4/c1-28-21-15(5-2-6-17(21)23)20(27)16-12-13(22)7-9-18(16)24-11-3-4-14(24)8-10-19(25)26/h2-12,20,27H,1H3,(H,25,26). The van der Waals surface area contributed by atoms with Crippen molar-refractivity contribution < 1.29 is 24.1 Å². The number of aliphatic carboxylic acids is 1. The van der Waals surface area contributed by atoms with Crippen LogP contribution in [0.5, 0.6) is 5.75 Å². The molecule has 0 aliphatic carbocycles. The summed E-state index contributed by atoms with van der Waals surface area (Å²) in [6.07, 6.45) is 2.96. The van der Waals surface area contributed by atoms with Crippen LogP contribution in [-0.4, -0.2) is 27.9 Å². The van der Waals surface area contributed by atoms with Crippen LogP contribution in [-0.2, 0) is 4.79 Å². The van der Waals surface area contributed by atoms with Crippen molar-refractivity contribution in [2.75, 3.05) is 7.11 Å². The van der Waals surface area contributed by atoms with Crippen LogP contribution in [0.2, 0.25) is 5.02 Å². The third-order valence-corrected chi connectivity index (χ3v) is 4.45. The molecule has 0 saturated carbocycles. The Bertz CT molecular complexity index is 1040. The van der Waals surface area contributed by atoms with Crippen LogP contribution in [0.1, 0.15) is 22.9 Å². The SMILES string of the molecule is COc1c(F)cccc1C(O)c1cc(Cl)ccc1-n1cccc1C=CC(=O)O. The summed E-state index contributed by atoms with van der Waals surface area (Å²) in [5, 5.41) is 20.3. The van der Waals surface area contributed by atoms with E-state index in [2.05, 4.69) is 0 Å². The Morgan fingerprint density at radius 3 is 2.71 bits per heavy atom. The van der Waals surface area contributed by atoms with Crippen LogP contribution in [0.15, 0.2) is 60.8 Å². The maximum absolute atomic E-state index is 14.1. The van der Waals surface area contributed by atoms with Crippen LogP contribution < -0.4 is 4.74 Å². The number of ether oxygens (including phenoxy) is 1. The van der Waals surface area contributed by atoms with Gasteiger partial charge in [0.15, 0.2) is 11.6 Å². The molecule has 7 heteroatoms. The maximum atomic E-state index is 14.1. The first-order chi connectivity index (χ1) is 13.4. The molecule has 0 bridgehead atoms. The molecular weight excluding hydrogens is 385 g/mol. The van der Waals surface area contributed by atoms with Crippen molar-refractivity contribution in [2.24, 2.45) is 0 Å². The second kappa shape index (κ2) is 8.29. The largest absolute Gasteiger partial charge is 0.493 e. The topological polar surface area (TPSA) is 71.7 Å². The number of methoxy groups -OCH3 is 1. The van der Waals surface area contributed by atoms with Crippen molar-refractivity contribution in [2.45, 2.75) is 6.10 Å². The second-order valence-electron chi connectivity index (χ2n) is 5.94. The van der Waals surface area contributed by atoms with Gasteiger partial charge < -0.3 is 19.5 Å². The van der Waals surface area contributed by atoms with Crippen molar-refractivity contribution in [3.63, 3.8) is 0 Å². The zero-order valence-corrected chi connectivity index (χ0v) is 15.6. The van der Waals surface area contributed by atoms with Crippen LogP contribution in [0.3, 0.4) is 0 Å². The van der Waals surface area contributed by atoms with Gasteiger partial charge in [-0.1, -0.05) is 23.7 Å². The van der Waals surface area contributed by atoms with E-state index in [4.69, 9.17) is 21.4 Å². The molecular formula is C21H17ClFNO4. The summed E-state index contributed by atoms with van der Waals surface area (Å²) >= 11 is 6.14. The van der Waals surface area contributed by atoms with E-state index in [1.807, 2.05) is 0 Å². The van der Waals surface area contributed by atoms with Gasteiger partial charge in [0.1, 0.15) is 6.10 Å². The lowest BCUT2D eigenvalue weighted by atomic mass is 9.98. The molecule has 0 amide bonds. The van der Waals surface area contributed by atoms with Gasteiger partial charge >= 0.3 is 5.97 Å². The smallest absolute Gasteiger partial charge is 0.328 e. The summed E-state index contributed by atoms with van der Waals surface area (Å²) < 4.78 is 20.9. The highest BCUT2D eigenvalue weighted by atomic mass is 35.5. The summed E-state index contributed by atoms with van der Waals surface area (Å²) in [5.74, 6) is -1.72. The monoisotopic (exact) mass is 401 g/mol. The molecule has 0 fully saturated rings. The summed E-state index contributed by atoms with van der Waals surface area (Å²) in [6.45, 7) is 0. The Balaban J connectivity index is 2.15. The van der Waals surface area contributed by atoms with Gasteiger partial charge in [0.2, 0.25) is 0 Å². The van der Waals surface area contributed by atoms with Gasteiger partial charge in [-0.15, -0.1) is 0 Å². The number of para-hydroxylation sites is 1. The Morgan fingerprint density at radius 2 is 2.00 bits per heavy atom. The lowest BCUT2D eigenvalue weighted by Gasteiger charge is -2.20. The van der Waals surface area contributed by atoms with Crippen LogP contribution in [0, 0.1) is 5.82 Å². The minimum atomic E-state index is -1.22. The molecule has 2 aromatic carbocycles. The lowest BCUT2D eigenvalue weighted by molar-refractivity contribution is -0.131. The maximum Gasteiger partial charge on any atom is 0.328 e. The Labute approximate surface area is 165 Å². The highest BCUT2D eigenvalue weighted by molar-refractivity contribution is 6.30. The van der Waals surface area contributed by atoms with E-state index in [0.717, 1.165) is 6.08 Å². The van der Waals surface area contributed by atoms with E-state index in [0.29, 0.717) is 22.0 Å². The zero-order chi connectivity index (χ0) is 20.3. The van der Waals surface area contributed by atoms with Crippen molar-refractivity contribution in [3.8, 4) is 11.4 Å². The Hall–Kier alpha value is -3.09. The van der Waals surface area contributed by atoms with Gasteiger partial charge in [-0.3, -0.25) is 0 Å². The van der Waals surface area contributed by atoms with Crippen molar-refractivity contribution in [3.05, 3.63) is 88.5 Å². The number of hydrogen-bond donors (Lipinski definition) is 2. The molecule has 2 N–H and O–H groups in total. The zero-order valence-electron chi connectivity index (χ0n) is 14.8. The fourth-order valence-electron chi connectivity index (χ4n) is 2.99. The van der Waals surface area contributed by atoms with Crippen molar-refractivity contribution in [1.82, 2.24) is 4.57 Å².